The third kappa shape index (κ3) is 4.16. The van der Waals surface area contributed by atoms with Crippen LogP contribution < -0.4 is 10.5 Å². The molecule has 0 radical (unpaired) electrons. The summed E-state index contributed by atoms with van der Waals surface area (Å²) in [5.74, 6) is 0. The van der Waals surface area contributed by atoms with Crippen LogP contribution in [0.5, 0.6) is 0 Å². The lowest BCUT2D eigenvalue weighted by molar-refractivity contribution is 0.580. The minimum Gasteiger partial charge on any atom is -0.326 e. The molecular formula is C11H18N2O3S2. The van der Waals surface area contributed by atoms with Crippen molar-refractivity contribution >= 4 is 20.8 Å². The van der Waals surface area contributed by atoms with Crippen molar-refractivity contribution in [2.45, 2.75) is 23.6 Å². The van der Waals surface area contributed by atoms with Crippen molar-refractivity contribution < 1.29 is 12.6 Å². The molecule has 1 aromatic rings. The maximum atomic E-state index is 12.0. The molecule has 0 aliphatic rings. The molecule has 0 aromatic heterocycles. The fourth-order valence-corrected chi connectivity index (χ4v) is 2.89. The lowest BCUT2D eigenvalue weighted by atomic mass is 10.2. The summed E-state index contributed by atoms with van der Waals surface area (Å²) in [6, 6.07) is 6.46. The Labute approximate surface area is 110 Å². The number of sulfonamides is 1. The van der Waals surface area contributed by atoms with E-state index in [1.807, 2.05) is 0 Å². The van der Waals surface area contributed by atoms with E-state index in [1.165, 1.54) is 12.1 Å². The van der Waals surface area contributed by atoms with Crippen LogP contribution in [0, 0.1) is 0 Å². The fraction of sp³-hybridized carbons (Fsp3) is 0.455. The Hall–Kier alpha value is -0.760. The van der Waals surface area contributed by atoms with E-state index in [2.05, 4.69) is 4.72 Å². The summed E-state index contributed by atoms with van der Waals surface area (Å²) in [6.45, 7) is 2.17. The molecule has 0 spiro atoms. The SMILES string of the molecule is CC(CNS(=O)(=O)c1cccc(CN)c1)S(C)=O. The minimum absolute atomic E-state index is 0.151. The minimum atomic E-state index is -3.56. The monoisotopic (exact) mass is 290 g/mol. The molecule has 0 aliphatic carbocycles. The molecule has 7 heteroatoms. The average Bonchev–Trinajstić information content (AvgIpc) is 2.36. The second-order valence-electron chi connectivity index (χ2n) is 4.01. The van der Waals surface area contributed by atoms with Gasteiger partial charge in [-0.1, -0.05) is 12.1 Å². The molecule has 0 heterocycles. The molecule has 1 aromatic carbocycles. The first-order valence-electron chi connectivity index (χ1n) is 5.47. The average molecular weight is 290 g/mol. The van der Waals surface area contributed by atoms with Crippen LogP contribution in [-0.2, 0) is 27.4 Å². The summed E-state index contributed by atoms with van der Waals surface area (Å²) in [6.07, 6.45) is 1.55. The first-order chi connectivity index (χ1) is 8.36. The standard InChI is InChI=1S/C11H18N2O3S2/c1-9(17(2)14)8-13-18(15,16)11-5-3-4-10(6-11)7-12/h3-6,9,13H,7-8,12H2,1-2H3. The smallest absolute Gasteiger partial charge is 0.240 e. The van der Waals surface area contributed by atoms with Crippen molar-refractivity contribution in [2.24, 2.45) is 5.73 Å². The number of nitrogens with two attached hydrogens (primary N) is 1. The summed E-state index contributed by atoms with van der Waals surface area (Å²) in [7, 11) is -4.62. The van der Waals surface area contributed by atoms with Crippen LogP contribution in [-0.4, -0.2) is 30.7 Å². The van der Waals surface area contributed by atoms with Gasteiger partial charge in [-0.05, 0) is 24.6 Å². The van der Waals surface area contributed by atoms with E-state index in [1.54, 1.807) is 25.3 Å². The van der Waals surface area contributed by atoms with Crippen molar-refractivity contribution in [1.29, 1.82) is 0 Å². The maximum Gasteiger partial charge on any atom is 0.240 e. The highest BCUT2D eigenvalue weighted by atomic mass is 32.2. The quantitative estimate of drug-likeness (QED) is 0.782. The number of hydrogen-bond donors (Lipinski definition) is 2. The van der Waals surface area contributed by atoms with Crippen molar-refractivity contribution in [1.82, 2.24) is 4.72 Å². The number of rotatable bonds is 6. The largest absolute Gasteiger partial charge is 0.326 e. The van der Waals surface area contributed by atoms with Crippen LogP contribution in [0.15, 0.2) is 29.2 Å². The predicted octanol–water partition coefficient (Wildman–Crippen LogP) is 0.191. The maximum absolute atomic E-state index is 12.0. The van der Waals surface area contributed by atoms with Crippen LogP contribution in [0.25, 0.3) is 0 Å². The summed E-state index contributed by atoms with van der Waals surface area (Å²) < 4.78 is 37.6. The summed E-state index contributed by atoms with van der Waals surface area (Å²) >= 11 is 0. The second-order valence-corrected chi connectivity index (χ2v) is 7.58. The third-order valence-corrected chi connectivity index (χ3v) is 5.29. The van der Waals surface area contributed by atoms with Gasteiger partial charge in [-0.2, -0.15) is 0 Å². The van der Waals surface area contributed by atoms with Gasteiger partial charge in [0.15, 0.2) is 0 Å². The number of hydrogen-bond acceptors (Lipinski definition) is 4. The van der Waals surface area contributed by atoms with Gasteiger partial charge in [0.25, 0.3) is 0 Å². The highest BCUT2D eigenvalue weighted by Gasteiger charge is 2.16. The number of benzene rings is 1. The Bertz CT molecular complexity index is 529. The van der Waals surface area contributed by atoms with Gasteiger partial charge in [-0.15, -0.1) is 0 Å². The Morgan fingerprint density at radius 1 is 1.44 bits per heavy atom. The predicted molar refractivity (Wildman–Crippen MR) is 73.1 cm³/mol. The third-order valence-electron chi connectivity index (χ3n) is 2.57. The van der Waals surface area contributed by atoms with E-state index in [9.17, 15) is 12.6 Å². The van der Waals surface area contributed by atoms with Crippen molar-refractivity contribution in [3.8, 4) is 0 Å². The molecular weight excluding hydrogens is 272 g/mol. The van der Waals surface area contributed by atoms with Gasteiger partial charge in [0.2, 0.25) is 10.0 Å². The molecule has 102 valence electrons. The van der Waals surface area contributed by atoms with Crippen molar-refractivity contribution in [3.63, 3.8) is 0 Å². The first kappa shape index (κ1) is 15.3. The summed E-state index contributed by atoms with van der Waals surface area (Å²) in [5.41, 5.74) is 6.22. The highest BCUT2D eigenvalue weighted by Crippen LogP contribution is 2.11. The number of nitrogens with one attached hydrogen (secondary N) is 1. The Balaban J connectivity index is 2.83. The molecule has 0 amide bonds. The van der Waals surface area contributed by atoms with E-state index in [0.717, 1.165) is 5.56 Å². The van der Waals surface area contributed by atoms with Crippen LogP contribution in [0.1, 0.15) is 12.5 Å². The molecule has 0 saturated carbocycles. The molecule has 0 fully saturated rings. The van der Waals surface area contributed by atoms with Crippen molar-refractivity contribution in [2.75, 3.05) is 12.8 Å². The van der Waals surface area contributed by atoms with E-state index in [4.69, 9.17) is 5.73 Å². The second kappa shape index (κ2) is 6.42. The van der Waals surface area contributed by atoms with Gasteiger partial charge in [0.1, 0.15) is 0 Å². The van der Waals surface area contributed by atoms with Gasteiger partial charge < -0.3 is 5.73 Å². The fourth-order valence-electron chi connectivity index (χ4n) is 1.27. The molecule has 3 N–H and O–H groups in total. The lowest BCUT2D eigenvalue weighted by Crippen LogP contribution is -2.32. The molecule has 2 unspecified atom stereocenters. The van der Waals surface area contributed by atoms with Gasteiger partial charge in [0.05, 0.1) is 4.90 Å². The van der Waals surface area contributed by atoms with E-state index in [-0.39, 0.29) is 16.7 Å². The summed E-state index contributed by atoms with van der Waals surface area (Å²) in [5, 5.41) is -0.225. The molecule has 5 nitrogen and oxygen atoms in total. The van der Waals surface area contributed by atoms with Crippen LogP contribution >= 0.6 is 0 Å². The first-order valence-corrected chi connectivity index (χ1v) is 8.58. The zero-order valence-corrected chi connectivity index (χ0v) is 12.1. The molecule has 1 rings (SSSR count). The molecule has 18 heavy (non-hydrogen) atoms. The van der Waals surface area contributed by atoms with Crippen LogP contribution in [0.4, 0.5) is 0 Å². The molecule has 2 atom stereocenters. The van der Waals surface area contributed by atoms with Gasteiger partial charge in [-0.3, -0.25) is 4.21 Å². The van der Waals surface area contributed by atoms with Gasteiger partial charge in [0, 0.05) is 35.4 Å². The Morgan fingerprint density at radius 2 is 2.11 bits per heavy atom. The normalized spacial score (nSPS) is 15.3. The molecule has 0 aliphatic heterocycles. The van der Waals surface area contributed by atoms with Crippen molar-refractivity contribution in [3.05, 3.63) is 29.8 Å². The van der Waals surface area contributed by atoms with E-state index in [0.29, 0.717) is 6.54 Å². The zero-order valence-electron chi connectivity index (χ0n) is 10.4. The van der Waals surface area contributed by atoms with Gasteiger partial charge in [-0.25, -0.2) is 13.1 Å². The topological polar surface area (TPSA) is 89.3 Å². The van der Waals surface area contributed by atoms with Crippen LogP contribution in [0.3, 0.4) is 0 Å². The summed E-state index contributed by atoms with van der Waals surface area (Å²) in [4.78, 5) is 0.180. The van der Waals surface area contributed by atoms with Crippen LogP contribution in [0.2, 0.25) is 0 Å². The van der Waals surface area contributed by atoms with Gasteiger partial charge >= 0.3 is 0 Å². The Kier molecular flexibility index (Phi) is 5.46. The molecule has 0 saturated heterocycles. The highest BCUT2D eigenvalue weighted by molar-refractivity contribution is 7.89. The van der Waals surface area contributed by atoms with E-state index < -0.39 is 20.8 Å². The zero-order chi connectivity index (χ0) is 13.8. The Morgan fingerprint density at radius 3 is 2.67 bits per heavy atom. The van der Waals surface area contributed by atoms with E-state index >= 15 is 0 Å². The lowest BCUT2D eigenvalue weighted by Gasteiger charge is -2.11. The molecule has 0 bridgehead atoms.